The number of rotatable bonds is 19. The second-order valence-corrected chi connectivity index (χ2v) is 18.2. The van der Waals surface area contributed by atoms with Crippen LogP contribution in [0.3, 0.4) is 0 Å². The van der Waals surface area contributed by atoms with Gasteiger partial charge in [-0.2, -0.15) is 0 Å². The minimum absolute atomic E-state index is 1.11. The molecule has 0 aliphatic heterocycles. The normalized spacial score (nSPS) is 25.2. The quantitative estimate of drug-likeness (QED) is 0.0470. The van der Waals surface area contributed by atoms with E-state index in [1.54, 1.807) is 0.515 Å². The van der Waals surface area contributed by atoms with E-state index in [1.807, 2.05) is 0 Å². The van der Waals surface area contributed by atoms with Crippen LogP contribution in [0.5, 0.6) is 0 Å². The monoisotopic (exact) mass is 826 g/mol. The molecule has 0 radical (unpaired) electrons. The minimum atomic E-state index is -6.02. The summed E-state index contributed by atoms with van der Waals surface area (Å²) in [6, 6.07) is 0. The fourth-order valence-electron chi connectivity index (χ4n) is 4.00. The zero-order chi connectivity index (χ0) is 36.4. The molecule has 0 atom stereocenters. The molecule has 31 heteroatoms. The van der Waals surface area contributed by atoms with Crippen LogP contribution in [-0.2, 0) is 54.5 Å². The molecule has 0 amide bonds. The Kier molecular flexibility index (Phi) is 21.5. The molecule has 0 aromatic heterocycles. The smallest absolute Gasteiger partial charge is 0.303 e. The van der Waals surface area contributed by atoms with Crippen molar-refractivity contribution in [3.63, 3.8) is 0 Å². The van der Waals surface area contributed by atoms with Crippen molar-refractivity contribution in [3.05, 3.63) is 0 Å². The van der Waals surface area contributed by atoms with Crippen molar-refractivity contribution in [2.24, 2.45) is 0 Å². The van der Waals surface area contributed by atoms with Crippen molar-refractivity contribution >= 4 is 95.9 Å². The maximum absolute atomic E-state index is 11.4. The molecule has 46 heavy (non-hydrogen) atoms. The molecule has 0 unspecified atom stereocenters. The SMILES string of the molecule is CCCCCCCC[CH2][K].O=P(O)(O)O[C@H]1[C@H](OP(=O)(O)O)[C@@H](OP(=O)(O)O)[C@H](OP(=O)(O)O)[C@@H](OP(=O)(O)O)[C@H]1OP(=O)(O)O. The third-order valence-electron chi connectivity index (χ3n) is 5.45. The number of phosphoric acid groups is 6. The molecule has 0 spiro atoms. The molecule has 0 aromatic carbocycles. The first-order valence-corrected chi connectivity index (χ1v) is 24.3. The molecule has 0 aromatic rings. The predicted molar refractivity (Wildman–Crippen MR) is 150 cm³/mol. The molecule has 1 saturated carbocycles. The van der Waals surface area contributed by atoms with Crippen molar-refractivity contribution in [1.29, 1.82) is 0 Å². The third-order valence-corrected chi connectivity index (χ3v) is 9.67. The van der Waals surface area contributed by atoms with Gasteiger partial charge in [-0.25, -0.2) is 27.4 Å². The van der Waals surface area contributed by atoms with Crippen LogP contribution < -0.4 is 0 Å². The Balaban J connectivity index is 0.00000173. The fraction of sp³-hybridized carbons (Fsp3) is 1.00. The van der Waals surface area contributed by atoms with Gasteiger partial charge in [0.2, 0.25) is 0 Å². The second-order valence-electron chi connectivity index (χ2n) is 9.48. The molecule has 1 fully saturated rings. The van der Waals surface area contributed by atoms with Gasteiger partial charge in [-0.1, -0.05) is 0 Å². The molecule has 24 nitrogen and oxygen atoms in total. The van der Waals surface area contributed by atoms with Gasteiger partial charge < -0.3 is 58.7 Å². The summed E-state index contributed by atoms with van der Waals surface area (Å²) in [5, 5.41) is 0. The molecule has 0 heterocycles. The van der Waals surface area contributed by atoms with Crippen LogP contribution in [0, 0.1) is 0 Å². The van der Waals surface area contributed by atoms with Crippen molar-refractivity contribution < 1.29 is 113 Å². The van der Waals surface area contributed by atoms with Gasteiger partial charge in [-0.15, -0.1) is 0 Å². The first-order valence-electron chi connectivity index (χ1n) is 12.9. The first-order chi connectivity index (χ1) is 20.5. The van der Waals surface area contributed by atoms with E-state index in [1.165, 1.54) is 44.9 Å². The summed E-state index contributed by atoms with van der Waals surface area (Å²) in [4.78, 5) is 110. The molecule has 12 N–H and O–H groups in total. The van der Waals surface area contributed by atoms with Crippen LogP contribution in [-0.4, -0.2) is 144 Å². The average Bonchev–Trinajstić information content (AvgIpc) is 2.79. The van der Waals surface area contributed by atoms with Crippen molar-refractivity contribution in [2.45, 2.75) is 89.0 Å². The van der Waals surface area contributed by atoms with Crippen LogP contribution in [0.2, 0.25) is 0.515 Å². The summed E-state index contributed by atoms with van der Waals surface area (Å²) >= 11 is 1.11. The van der Waals surface area contributed by atoms with Crippen LogP contribution in [0.1, 0.15) is 51.9 Å². The Morgan fingerprint density at radius 1 is 0.391 bits per heavy atom. The predicted octanol–water partition coefficient (Wildman–Crippen LogP) is 0.191. The molecule has 1 aliphatic carbocycles. The van der Waals surface area contributed by atoms with E-state index in [4.69, 9.17) is 58.7 Å². The summed E-state index contributed by atoms with van der Waals surface area (Å²) in [6.45, 7) is 2.28. The Morgan fingerprint density at radius 2 is 0.565 bits per heavy atom. The summed E-state index contributed by atoms with van der Waals surface area (Å²) < 4.78 is 94.7. The van der Waals surface area contributed by atoms with E-state index in [0.29, 0.717) is 0 Å². The van der Waals surface area contributed by atoms with Gasteiger partial charge in [0.1, 0.15) is 36.6 Å². The molecular weight excluding hydrogens is 789 g/mol. The topological polar surface area (TPSA) is 401 Å². The van der Waals surface area contributed by atoms with E-state index in [2.05, 4.69) is 34.1 Å². The van der Waals surface area contributed by atoms with E-state index < -0.39 is 83.6 Å². The molecular formula is C15H37KO24P6. The number of hydrogen-bond donors (Lipinski definition) is 12. The summed E-state index contributed by atoms with van der Waals surface area (Å²) in [5.74, 6) is 0. The Bertz CT molecular complexity index is 961. The zero-order valence-corrected chi connectivity index (χ0v) is 32.6. The Morgan fingerprint density at radius 3 is 0.717 bits per heavy atom. The van der Waals surface area contributed by atoms with E-state index in [0.717, 1.165) is 49.0 Å². The number of hydrogen-bond acceptors (Lipinski definition) is 12. The van der Waals surface area contributed by atoms with Gasteiger partial charge in [0.25, 0.3) is 0 Å². The van der Waals surface area contributed by atoms with Gasteiger partial charge in [-0.3, -0.25) is 27.1 Å². The number of unbranched alkanes of at least 4 members (excludes halogenated alkanes) is 6. The zero-order valence-electron chi connectivity index (χ0n) is 24.1. The van der Waals surface area contributed by atoms with E-state index in [-0.39, 0.29) is 0 Å². The van der Waals surface area contributed by atoms with Crippen molar-refractivity contribution in [2.75, 3.05) is 0 Å². The van der Waals surface area contributed by atoms with Gasteiger partial charge in [0.15, 0.2) is 0 Å². The van der Waals surface area contributed by atoms with Crippen LogP contribution in [0.4, 0.5) is 0 Å². The maximum atomic E-state index is 11.4. The first kappa shape index (κ1) is 48.3. The molecule has 272 valence electrons. The molecule has 1 aliphatic rings. The molecule has 0 bridgehead atoms. The van der Waals surface area contributed by atoms with Crippen molar-refractivity contribution in [1.82, 2.24) is 0 Å². The summed E-state index contributed by atoms with van der Waals surface area (Å²) in [7, 11) is -36.1. The van der Waals surface area contributed by atoms with Crippen LogP contribution in [0.25, 0.3) is 0 Å². The minimum Gasteiger partial charge on any atom is -0.303 e. The van der Waals surface area contributed by atoms with E-state index >= 15 is 0 Å². The molecule has 1 rings (SSSR count). The fourth-order valence-corrected chi connectivity index (χ4v) is 8.12. The van der Waals surface area contributed by atoms with Gasteiger partial charge in [0.05, 0.1) is 0 Å². The third kappa shape index (κ3) is 23.7. The standard InChI is InChI=1S/C9H19.C6H18O24P6.K/c1-3-5-7-9-8-6-4-2;7-31(8,9)25-1-2(26-32(10,11)12)4(28-34(16,17)18)6(30-36(22,23)24)5(29-35(19,20)21)3(1)27-33(13,14)15;/h1,3-9H2,2H3;1-6H,(H2,7,8,9)(H2,10,11,12)(H2,13,14,15)(H2,16,17,18)(H2,19,20,21)(H2,22,23,24);/t;1-,2-,3-,4+,5-,6-;. The summed E-state index contributed by atoms with van der Waals surface area (Å²) in [5.41, 5.74) is 0. The average molecular weight is 826 g/mol. The number of phosphoric ester groups is 6. The van der Waals surface area contributed by atoms with Crippen LogP contribution >= 0.6 is 46.9 Å². The van der Waals surface area contributed by atoms with Crippen LogP contribution in [0.15, 0.2) is 0 Å². The summed E-state index contributed by atoms with van der Waals surface area (Å²) in [6.07, 6.45) is -8.55. The van der Waals surface area contributed by atoms with Gasteiger partial charge in [0, 0.05) is 0 Å². The van der Waals surface area contributed by atoms with Gasteiger partial charge in [-0.05, 0) is 0 Å². The van der Waals surface area contributed by atoms with E-state index in [9.17, 15) is 27.4 Å². The van der Waals surface area contributed by atoms with Gasteiger partial charge >= 0.3 is 148 Å². The Labute approximate surface area is 295 Å². The Hall–Kier alpha value is 2.30. The largest absolute Gasteiger partial charge is 0.470 e. The maximum Gasteiger partial charge on any atom is 0.470 e. The molecule has 0 saturated heterocycles. The second kappa shape index (κ2) is 20.5. The van der Waals surface area contributed by atoms with Crippen molar-refractivity contribution in [3.8, 4) is 0 Å².